The molecule has 1 aromatic heterocycles. The third-order valence-corrected chi connectivity index (χ3v) is 11.9. The lowest BCUT2D eigenvalue weighted by Crippen LogP contribution is -2.45. The largest absolute Gasteiger partial charge is 0.472 e. The minimum atomic E-state index is -3.60. The van der Waals surface area contributed by atoms with Crippen LogP contribution in [0.3, 0.4) is 0 Å². The molecule has 0 unspecified atom stereocenters. The zero-order chi connectivity index (χ0) is 34.5. The summed E-state index contributed by atoms with van der Waals surface area (Å²) in [6, 6.07) is 7.21. The maximum atomic E-state index is 14.3. The number of allylic oxidation sites excluding steroid dienone is 1. The van der Waals surface area contributed by atoms with Gasteiger partial charge in [0.1, 0.15) is 11.9 Å². The van der Waals surface area contributed by atoms with E-state index in [1.54, 1.807) is 12.3 Å². The van der Waals surface area contributed by atoms with Gasteiger partial charge in [-0.05, 0) is 67.5 Å². The average molecular weight is 681 g/mol. The summed E-state index contributed by atoms with van der Waals surface area (Å²) in [6.45, 7) is 7.72. The minimum Gasteiger partial charge on any atom is -0.472 e. The van der Waals surface area contributed by atoms with E-state index in [0.29, 0.717) is 18.7 Å². The van der Waals surface area contributed by atoms with Crippen LogP contribution in [0, 0.1) is 17.3 Å². The number of aromatic nitrogens is 1. The predicted molar refractivity (Wildman–Crippen MR) is 182 cm³/mol. The number of nitrogens with zero attached hydrogens (tertiary/aromatic N) is 2. The number of benzene rings is 1. The van der Waals surface area contributed by atoms with E-state index in [1.165, 1.54) is 11.8 Å². The van der Waals surface area contributed by atoms with Gasteiger partial charge in [0, 0.05) is 41.5 Å². The molecule has 1 aliphatic carbocycles. The molecular formula is C37H48N2O8S. The van der Waals surface area contributed by atoms with Gasteiger partial charge in [0.15, 0.2) is 21.4 Å². The third-order valence-electron chi connectivity index (χ3n) is 10.3. The lowest BCUT2D eigenvalue weighted by molar-refractivity contribution is -0.150. The van der Waals surface area contributed by atoms with E-state index in [4.69, 9.17) is 9.47 Å². The number of pyridine rings is 1. The normalized spacial score (nSPS) is 26.8. The Balaban J connectivity index is 1.47. The molecule has 2 aromatic rings. The highest BCUT2D eigenvalue weighted by Crippen LogP contribution is 2.57. The maximum absolute atomic E-state index is 14.3. The van der Waals surface area contributed by atoms with Crippen molar-refractivity contribution < 1.29 is 37.1 Å². The van der Waals surface area contributed by atoms with Crippen molar-refractivity contribution in [3.63, 3.8) is 0 Å². The number of esters is 1. The number of ketones is 2. The van der Waals surface area contributed by atoms with Crippen LogP contribution in [0.1, 0.15) is 83.6 Å². The van der Waals surface area contributed by atoms with Gasteiger partial charge in [-0.25, -0.2) is 13.4 Å². The zero-order valence-electron chi connectivity index (χ0n) is 28.2. The van der Waals surface area contributed by atoms with Gasteiger partial charge >= 0.3 is 5.97 Å². The number of ether oxygens (including phenoxy) is 2. The average Bonchev–Trinajstić information content (AvgIpc) is 3.63. The molecule has 260 valence electrons. The van der Waals surface area contributed by atoms with Crippen molar-refractivity contribution in [3.8, 4) is 5.88 Å². The van der Waals surface area contributed by atoms with E-state index in [0.717, 1.165) is 54.9 Å². The van der Waals surface area contributed by atoms with Crippen LogP contribution in [0.25, 0.3) is 10.8 Å². The standard InChI is InChI=1S/C37H48N2O8S/c1-4-7-12-27-19-34(42)46-17-10-8-9-11-25-13-14-26-15-16-38-35(30(26)18-25)47-29-20-31(39(23-29)36(27)43)32(40)22-37(21-28(37)5-2)33(41)24-48(44,45)6-3/h5,13-16,18,27-29,31H,2,4,6-12,17,19-24H2,1,3H3/t27-,28-,29-,31+,37-/m1/s1. The lowest BCUT2D eigenvalue weighted by atomic mass is 9.88. The number of amides is 1. The molecule has 0 spiro atoms. The number of rotatable bonds is 11. The SMILES string of the molecule is C=C[C@@H]1C[C@]1(CC(=O)[C@@H]1C[C@@H]2CN1C(=O)[C@H](CCCC)CC(=O)OCCCCCc1ccc3ccnc(c3c1)O2)C(=O)CS(=O)(=O)CC. The van der Waals surface area contributed by atoms with Crippen LogP contribution in [0.15, 0.2) is 43.1 Å². The Labute approximate surface area is 283 Å². The van der Waals surface area contributed by atoms with Crippen molar-refractivity contribution in [1.29, 1.82) is 0 Å². The number of hydrogen-bond acceptors (Lipinski definition) is 9. The van der Waals surface area contributed by atoms with Gasteiger partial charge in [-0.1, -0.05) is 44.9 Å². The van der Waals surface area contributed by atoms with Crippen molar-refractivity contribution in [2.24, 2.45) is 17.3 Å². The minimum absolute atomic E-state index is 0.0803. The molecule has 5 rings (SSSR count). The van der Waals surface area contributed by atoms with Gasteiger partial charge in [-0.2, -0.15) is 0 Å². The molecule has 5 atom stereocenters. The highest BCUT2D eigenvalue weighted by molar-refractivity contribution is 7.92. The molecule has 1 aromatic carbocycles. The second-order valence-electron chi connectivity index (χ2n) is 13.7. The number of hydrogen-bond donors (Lipinski definition) is 0. The molecule has 1 saturated heterocycles. The molecule has 3 heterocycles. The second-order valence-corrected chi connectivity index (χ2v) is 16.0. The molecule has 2 aliphatic heterocycles. The van der Waals surface area contributed by atoms with E-state index in [1.807, 2.05) is 19.1 Å². The lowest BCUT2D eigenvalue weighted by Gasteiger charge is -2.29. The summed E-state index contributed by atoms with van der Waals surface area (Å²) in [4.78, 5) is 60.9. The fourth-order valence-electron chi connectivity index (χ4n) is 7.22. The van der Waals surface area contributed by atoms with Gasteiger partial charge in [0.25, 0.3) is 0 Å². The highest BCUT2D eigenvalue weighted by atomic mass is 32.2. The second kappa shape index (κ2) is 15.3. The highest BCUT2D eigenvalue weighted by Gasteiger charge is 2.60. The first-order valence-corrected chi connectivity index (χ1v) is 19.2. The molecule has 0 radical (unpaired) electrons. The number of fused-ring (bicyclic) bond motifs is 3. The van der Waals surface area contributed by atoms with E-state index in [-0.39, 0.29) is 55.8 Å². The third kappa shape index (κ3) is 8.15. The Morgan fingerprint density at radius 3 is 2.69 bits per heavy atom. The molecule has 48 heavy (non-hydrogen) atoms. The Hall–Kier alpha value is -3.60. The van der Waals surface area contributed by atoms with Gasteiger partial charge in [0.2, 0.25) is 11.8 Å². The number of carbonyl (C=O) groups is 4. The van der Waals surface area contributed by atoms with E-state index >= 15 is 0 Å². The van der Waals surface area contributed by atoms with Crippen LogP contribution < -0.4 is 4.74 Å². The first-order valence-electron chi connectivity index (χ1n) is 17.4. The first kappa shape index (κ1) is 35.7. The number of cyclic esters (lactones) is 1. The summed E-state index contributed by atoms with van der Waals surface area (Å²) in [5, 5.41) is 1.82. The molecule has 1 amide bonds. The van der Waals surface area contributed by atoms with E-state index in [2.05, 4.69) is 23.7 Å². The predicted octanol–water partition coefficient (Wildman–Crippen LogP) is 5.20. The van der Waals surface area contributed by atoms with Crippen molar-refractivity contribution >= 4 is 44.1 Å². The summed E-state index contributed by atoms with van der Waals surface area (Å²) in [6.07, 6.45) is 8.39. The number of unbranched alkanes of at least 4 members (excludes halogenated alkanes) is 1. The van der Waals surface area contributed by atoms with Gasteiger partial charge < -0.3 is 14.4 Å². The Bertz CT molecular complexity index is 1660. The van der Waals surface area contributed by atoms with Crippen LogP contribution in [-0.2, 0) is 40.2 Å². The van der Waals surface area contributed by atoms with Crippen molar-refractivity contribution in [2.75, 3.05) is 24.7 Å². The summed E-state index contributed by atoms with van der Waals surface area (Å²) in [5.41, 5.74) is -0.0187. The van der Waals surface area contributed by atoms with Crippen molar-refractivity contribution in [3.05, 3.63) is 48.7 Å². The number of Topliss-reactive ketones (excluding diaryl/α,β-unsaturated/α-hetero) is 2. The fourth-order valence-corrected chi connectivity index (χ4v) is 8.11. The van der Waals surface area contributed by atoms with Crippen LogP contribution in [-0.4, -0.2) is 78.5 Å². The molecule has 2 fully saturated rings. The Kier molecular flexibility index (Phi) is 11.4. The summed E-state index contributed by atoms with van der Waals surface area (Å²) in [7, 11) is -3.60. The Morgan fingerprint density at radius 1 is 1.15 bits per heavy atom. The van der Waals surface area contributed by atoms with Gasteiger partial charge in [0.05, 0.1) is 25.6 Å². The van der Waals surface area contributed by atoms with Gasteiger partial charge in [-0.15, -0.1) is 6.58 Å². The number of sulfone groups is 1. The fraction of sp³-hybridized carbons (Fsp3) is 0.595. The summed E-state index contributed by atoms with van der Waals surface area (Å²) < 4.78 is 36.8. The van der Waals surface area contributed by atoms with Crippen LogP contribution in [0.4, 0.5) is 0 Å². The number of aryl methyl sites for hydroxylation is 1. The zero-order valence-corrected chi connectivity index (χ0v) is 29.0. The smallest absolute Gasteiger partial charge is 0.306 e. The molecule has 1 saturated carbocycles. The monoisotopic (exact) mass is 680 g/mol. The van der Waals surface area contributed by atoms with Crippen LogP contribution >= 0.6 is 0 Å². The molecule has 10 nitrogen and oxygen atoms in total. The maximum Gasteiger partial charge on any atom is 0.306 e. The summed E-state index contributed by atoms with van der Waals surface area (Å²) in [5.74, 6) is -2.91. The van der Waals surface area contributed by atoms with Crippen molar-refractivity contribution in [1.82, 2.24) is 9.88 Å². The van der Waals surface area contributed by atoms with Crippen LogP contribution in [0.2, 0.25) is 0 Å². The van der Waals surface area contributed by atoms with E-state index < -0.39 is 50.8 Å². The first-order chi connectivity index (χ1) is 23.0. The molecular weight excluding hydrogens is 632 g/mol. The molecule has 4 bridgehead atoms. The quantitative estimate of drug-likeness (QED) is 0.232. The van der Waals surface area contributed by atoms with Crippen LogP contribution in [0.5, 0.6) is 5.88 Å². The molecule has 3 aliphatic rings. The van der Waals surface area contributed by atoms with Gasteiger partial charge in [-0.3, -0.25) is 19.2 Å². The molecule has 0 N–H and O–H groups in total. The topological polar surface area (TPSA) is 137 Å². The van der Waals surface area contributed by atoms with E-state index in [9.17, 15) is 27.6 Å². The molecule has 11 heteroatoms. The van der Waals surface area contributed by atoms with Crippen molar-refractivity contribution in [2.45, 2.75) is 96.6 Å². The Morgan fingerprint density at radius 2 is 1.96 bits per heavy atom. The number of carbonyl (C=O) groups excluding carboxylic acids is 4. The summed E-state index contributed by atoms with van der Waals surface area (Å²) >= 11 is 0.